The van der Waals surface area contributed by atoms with E-state index in [-0.39, 0.29) is 16.2 Å². The number of thioether (sulfide) groups is 1. The third kappa shape index (κ3) is 5.75. The summed E-state index contributed by atoms with van der Waals surface area (Å²) in [6.07, 6.45) is -0.985. The summed E-state index contributed by atoms with van der Waals surface area (Å²) in [4.78, 5) is -0.128. The van der Waals surface area contributed by atoms with Crippen LogP contribution in [0.1, 0.15) is 26.3 Å². The van der Waals surface area contributed by atoms with Gasteiger partial charge in [-0.15, -0.1) is 11.8 Å². The molecule has 1 atom stereocenters. The molecule has 6 heteroatoms. The van der Waals surface area contributed by atoms with Gasteiger partial charge in [0.25, 0.3) is 0 Å². The van der Waals surface area contributed by atoms with Gasteiger partial charge in [0.1, 0.15) is 11.6 Å². The Hall–Kier alpha value is -0.690. The zero-order valence-corrected chi connectivity index (χ0v) is 12.7. The van der Waals surface area contributed by atoms with Crippen molar-refractivity contribution in [2.24, 2.45) is 0 Å². The minimum absolute atomic E-state index is 0.0456. The van der Waals surface area contributed by atoms with Crippen LogP contribution in [0.5, 0.6) is 0 Å². The lowest BCUT2D eigenvalue weighted by molar-refractivity contribution is 0.113. The molecular weight excluding hydrogens is 284 g/mol. The summed E-state index contributed by atoms with van der Waals surface area (Å²) in [6.45, 7) is 5.87. The summed E-state index contributed by atoms with van der Waals surface area (Å²) in [5, 5.41) is 21.0. The molecule has 0 aromatic heterocycles. The van der Waals surface area contributed by atoms with E-state index in [1.807, 2.05) is 20.8 Å². The summed E-state index contributed by atoms with van der Waals surface area (Å²) in [7, 11) is 0. The maximum absolute atomic E-state index is 13.9. The van der Waals surface area contributed by atoms with E-state index >= 15 is 0 Å². The van der Waals surface area contributed by atoms with Crippen molar-refractivity contribution in [2.45, 2.75) is 43.9 Å². The van der Waals surface area contributed by atoms with Crippen LogP contribution < -0.4 is 5.32 Å². The zero-order valence-electron chi connectivity index (χ0n) is 11.9. The molecule has 1 rings (SSSR count). The molecule has 1 unspecified atom stereocenters. The van der Waals surface area contributed by atoms with E-state index in [1.165, 1.54) is 12.1 Å². The first-order chi connectivity index (χ1) is 9.23. The van der Waals surface area contributed by atoms with E-state index in [0.29, 0.717) is 12.1 Å². The molecule has 0 saturated heterocycles. The van der Waals surface area contributed by atoms with Crippen molar-refractivity contribution in [2.75, 3.05) is 12.4 Å². The molecular formula is C14H21F2NO2S. The Balaban J connectivity index is 2.76. The van der Waals surface area contributed by atoms with E-state index < -0.39 is 24.3 Å². The first-order valence-electron chi connectivity index (χ1n) is 6.37. The highest BCUT2D eigenvalue weighted by atomic mass is 32.2. The molecule has 0 aliphatic carbocycles. The lowest BCUT2D eigenvalue weighted by Gasteiger charge is -2.20. The van der Waals surface area contributed by atoms with Crippen molar-refractivity contribution < 1.29 is 19.0 Å². The molecule has 0 saturated carbocycles. The number of aliphatic hydroxyl groups excluding tert-OH is 2. The summed E-state index contributed by atoms with van der Waals surface area (Å²) in [6, 6.07) is 2.57. The maximum Gasteiger partial charge on any atom is 0.140 e. The van der Waals surface area contributed by atoms with Gasteiger partial charge in [-0.05, 0) is 38.5 Å². The molecule has 0 bridgehead atoms. The van der Waals surface area contributed by atoms with Crippen LogP contribution in [0.2, 0.25) is 0 Å². The van der Waals surface area contributed by atoms with Crippen LogP contribution in [0, 0.1) is 11.6 Å². The topological polar surface area (TPSA) is 52.5 Å². The molecule has 1 aromatic carbocycles. The second-order valence-electron chi connectivity index (χ2n) is 5.64. The number of aliphatic hydroxyl groups is 2. The second kappa shape index (κ2) is 7.36. The summed E-state index contributed by atoms with van der Waals surface area (Å²) < 4.78 is 27.7. The van der Waals surface area contributed by atoms with E-state index in [0.717, 1.165) is 11.8 Å². The predicted octanol–water partition coefficient (Wildman–Crippen LogP) is 2.30. The standard InChI is InChI=1S/C14H21F2NO2S/c1-14(2,3)17-6-9-4-11(15)13(12(16)5-9)20-8-10(19)7-18/h4-5,10,17-19H,6-8H2,1-3H3. The molecule has 0 fully saturated rings. The number of hydrogen-bond acceptors (Lipinski definition) is 4. The molecule has 3 nitrogen and oxygen atoms in total. The number of hydrogen-bond donors (Lipinski definition) is 3. The highest BCUT2D eigenvalue weighted by Gasteiger charge is 2.15. The van der Waals surface area contributed by atoms with Crippen LogP contribution in [-0.2, 0) is 6.54 Å². The fraction of sp³-hybridized carbons (Fsp3) is 0.571. The van der Waals surface area contributed by atoms with E-state index in [9.17, 15) is 13.9 Å². The van der Waals surface area contributed by atoms with Crippen LogP contribution in [0.4, 0.5) is 8.78 Å². The molecule has 0 radical (unpaired) electrons. The van der Waals surface area contributed by atoms with Crippen LogP contribution in [0.25, 0.3) is 0 Å². The van der Waals surface area contributed by atoms with Crippen LogP contribution in [-0.4, -0.2) is 34.2 Å². The van der Waals surface area contributed by atoms with Gasteiger partial charge >= 0.3 is 0 Å². The van der Waals surface area contributed by atoms with Gasteiger partial charge in [0, 0.05) is 17.8 Å². The van der Waals surface area contributed by atoms with Crippen molar-refractivity contribution in [3.05, 3.63) is 29.3 Å². The maximum atomic E-state index is 13.9. The van der Waals surface area contributed by atoms with Crippen molar-refractivity contribution in [1.29, 1.82) is 0 Å². The molecule has 114 valence electrons. The lowest BCUT2D eigenvalue weighted by atomic mass is 10.1. The Labute approximate surface area is 122 Å². The monoisotopic (exact) mass is 305 g/mol. The van der Waals surface area contributed by atoms with Crippen LogP contribution in [0.3, 0.4) is 0 Å². The lowest BCUT2D eigenvalue weighted by Crippen LogP contribution is -2.35. The van der Waals surface area contributed by atoms with Gasteiger partial charge in [0.15, 0.2) is 0 Å². The largest absolute Gasteiger partial charge is 0.394 e. The predicted molar refractivity (Wildman–Crippen MR) is 76.8 cm³/mol. The van der Waals surface area contributed by atoms with Crippen molar-refractivity contribution in [3.63, 3.8) is 0 Å². The Kier molecular flexibility index (Phi) is 6.39. The van der Waals surface area contributed by atoms with Crippen molar-refractivity contribution >= 4 is 11.8 Å². The van der Waals surface area contributed by atoms with E-state index in [2.05, 4.69) is 5.32 Å². The first-order valence-corrected chi connectivity index (χ1v) is 7.36. The fourth-order valence-electron chi connectivity index (χ4n) is 1.45. The van der Waals surface area contributed by atoms with Gasteiger partial charge in [-0.2, -0.15) is 0 Å². The first kappa shape index (κ1) is 17.4. The third-order valence-corrected chi connectivity index (χ3v) is 3.74. The molecule has 1 aromatic rings. The fourth-order valence-corrected chi connectivity index (χ4v) is 2.31. The van der Waals surface area contributed by atoms with Gasteiger partial charge in [0.05, 0.1) is 17.6 Å². The van der Waals surface area contributed by atoms with Gasteiger partial charge in [0.2, 0.25) is 0 Å². The number of halogens is 2. The van der Waals surface area contributed by atoms with Crippen LogP contribution >= 0.6 is 11.8 Å². The molecule has 20 heavy (non-hydrogen) atoms. The summed E-state index contributed by atoms with van der Waals surface area (Å²) in [5.41, 5.74) is 0.396. The highest BCUT2D eigenvalue weighted by molar-refractivity contribution is 7.99. The average molecular weight is 305 g/mol. The highest BCUT2D eigenvalue weighted by Crippen LogP contribution is 2.27. The van der Waals surface area contributed by atoms with E-state index in [1.54, 1.807) is 0 Å². The smallest absolute Gasteiger partial charge is 0.140 e. The van der Waals surface area contributed by atoms with Gasteiger partial charge < -0.3 is 15.5 Å². The molecule has 0 heterocycles. The van der Waals surface area contributed by atoms with Gasteiger partial charge in [-0.1, -0.05) is 0 Å². The van der Waals surface area contributed by atoms with Crippen molar-refractivity contribution in [1.82, 2.24) is 5.32 Å². The Morgan fingerprint density at radius 2 is 1.80 bits per heavy atom. The quantitative estimate of drug-likeness (QED) is 0.706. The second-order valence-corrected chi connectivity index (χ2v) is 6.67. The minimum Gasteiger partial charge on any atom is -0.394 e. The third-order valence-electron chi connectivity index (χ3n) is 2.51. The number of rotatable bonds is 6. The zero-order chi connectivity index (χ0) is 15.3. The Morgan fingerprint density at radius 3 is 2.25 bits per heavy atom. The Bertz CT molecular complexity index is 426. The summed E-state index contributed by atoms with van der Waals surface area (Å²) in [5.74, 6) is -1.25. The summed E-state index contributed by atoms with van der Waals surface area (Å²) >= 11 is 0.858. The SMILES string of the molecule is CC(C)(C)NCc1cc(F)c(SCC(O)CO)c(F)c1. The van der Waals surface area contributed by atoms with Gasteiger partial charge in [-0.3, -0.25) is 0 Å². The van der Waals surface area contributed by atoms with Crippen LogP contribution in [0.15, 0.2) is 17.0 Å². The van der Waals surface area contributed by atoms with Crippen molar-refractivity contribution in [3.8, 4) is 0 Å². The molecule has 3 N–H and O–H groups in total. The number of nitrogens with one attached hydrogen (secondary N) is 1. The molecule has 0 aliphatic heterocycles. The van der Waals surface area contributed by atoms with E-state index in [4.69, 9.17) is 5.11 Å². The average Bonchev–Trinajstić information content (AvgIpc) is 2.34. The Morgan fingerprint density at radius 1 is 1.25 bits per heavy atom. The molecule has 0 aliphatic rings. The molecule has 0 amide bonds. The number of benzene rings is 1. The minimum atomic E-state index is -0.985. The van der Waals surface area contributed by atoms with Gasteiger partial charge in [-0.25, -0.2) is 8.78 Å². The molecule has 0 spiro atoms. The normalized spacial score (nSPS) is 13.6.